The summed E-state index contributed by atoms with van der Waals surface area (Å²) in [6.07, 6.45) is 5.15. The second-order valence-corrected chi connectivity index (χ2v) is 5.20. The van der Waals surface area contributed by atoms with Gasteiger partial charge in [0.15, 0.2) is 5.96 Å². The molecule has 0 saturated heterocycles. The molecule has 1 aliphatic rings. The van der Waals surface area contributed by atoms with Crippen LogP contribution in [0.4, 0.5) is 0 Å². The maximum atomic E-state index is 5.95. The Hall–Kier alpha value is -1.51. The van der Waals surface area contributed by atoms with Crippen LogP contribution < -0.4 is 11.1 Å². The minimum atomic E-state index is 0.498. The van der Waals surface area contributed by atoms with Crippen molar-refractivity contribution in [3.63, 3.8) is 0 Å². The van der Waals surface area contributed by atoms with Crippen molar-refractivity contribution in [2.45, 2.75) is 45.2 Å². The Morgan fingerprint density at radius 3 is 2.72 bits per heavy atom. The molecule has 1 aromatic rings. The first-order valence-corrected chi connectivity index (χ1v) is 6.86. The molecule has 1 aromatic carbocycles. The topological polar surface area (TPSA) is 50.4 Å². The highest BCUT2D eigenvalue weighted by Crippen LogP contribution is 2.23. The molecule has 0 amide bonds. The quantitative estimate of drug-likeness (QED) is 0.635. The van der Waals surface area contributed by atoms with Crippen molar-refractivity contribution in [2.24, 2.45) is 16.6 Å². The summed E-state index contributed by atoms with van der Waals surface area (Å²) in [5.41, 5.74) is 7.15. The van der Waals surface area contributed by atoms with E-state index >= 15 is 0 Å². The molecule has 2 unspecified atom stereocenters. The summed E-state index contributed by atoms with van der Waals surface area (Å²) in [6, 6.07) is 10.7. The lowest BCUT2D eigenvalue weighted by Gasteiger charge is -2.29. The number of nitrogens with two attached hydrogens (primary N) is 1. The lowest BCUT2D eigenvalue weighted by atomic mass is 9.86. The van der Waals surface area contributed by atoms with E-state index < -0.39 is 0 Å². The van der Waals surface area contributed by atoms with Gasteiger partial charge in [0, 0.05) is 6.04 Å². The van der Waals surface area contributed by atoms with Crippen LogP contribution in [-0.4, -0.2) is 12.0 Å². The maximum absolute atomic E-state index is 5.95. The molecular formula is C15H23N3. The van der Waals surface area contributed by atoms with Gasteiger partial charge in [-0.3, -0.25) is 0 Å². The number of hydrogen-bond donors (Lipinski definition) is 2. The van der Waals surface area contributed by atoms with Crippen molar-refractivity contribution >= 4 is 5.96 Å². The van der Waals surface area contributed by atoms with E-state index in [2.05, 4.69) is 29.4 Å². The van der Waals surface area contributed by atoms with Crippen LogP contribution in [0.5, 0.6) is 0 Å². The lowest BCUT2D eigenvalue weighted by molar-refractivity contribution is 0.308. The molecule has 98 valence electrons. The SMILES string of the molecule is CC1CCCCC1NC(N)=NCc1ccccc1. The van der Waals surface area contributed by atoms with E-state index in [-0.39, 0.29) is 0 Å². The minimum Gasteiger partial charge on any atom is -0.370 e. The van der Waals surface area contributed by atoms with E-state index in [4.69, 9.17) is 5.73 Å². The van der Waals surface area contributed by atoms with E-state index in [1.807, 2.05) is 18.2 Å². The highest BCUT2D eigenvalue weighted by Gasteiger charge is 2.21. The molecule has 3 N–H and O–H groups in total. The van der Waals surface area contributed by atoms with E-state index in [0.29, 0.717) is 24.5 Å². The standard InChI is InChI=1S/C15H23N3/c1-12-7-5-6-10-14(12)18-15(16)17-11-13-8-3-2-4-9-13/h2-4,8-9,12,14H,5-7,10-11H2,1H3,(H3,16,17,18). The summed E-state index contributed by atoms with van der Waals surface area (Å²) in [5.74, 6) is 1.28. The van der Waals surface area contributed by atoms with Crippen molar-refractivity contribution in [3.8, 4) is 0 Å². The average Bonchev–Trinajstić information content (AvgIpc) is 2.40. The van der Waals surface area contributed by atoms with E-state index in [1.165, 1.54) is 31.2 Å². The molecule has 0 aromatic heterocycles. The minimum absolute atomic E-state index is 0.498. The second kappa shape index (κ2) is 6.43. The average molecular weight is 245 g/mol. The molecule has 0 radical (unpaired) electrons. The van der Waals surface area contributed by atoms with Crippen LogP contribution >= 0.6 is 0 Å². The molecule has 0 spiro atoms. The first-order chi connectivity index (χ1) is 8.75. The highest BCUT2D eigenvalue weighted by molar-refractivity contribution is 5.78. The van der Waals surface area contributed by atoms with Crippen molar-refractivity contribution in [1.29, 1.82) is 0 Å². The first kappa shape index (κ1) is 12.9. The molecule has 1 fully saturated rings. The summed E-state index contributed by atoms with van der Waals surface area (Å²) < 4.78 is 0. The number of aliphatic imine (C=N–C) groups is 1. The Bertz CT molecular complexity index is 386. The van der Waals surface area contributed by atoms with Gasteiger partial charge >= 0.3 is 0 Å². The summed E-state index contributed by atoms with van der Waals surface area (Å²) >= 11 is 0. The number of hydrogen-bond acceptors (Lipinski definition) is 1. The molecule has 1 saturated carbocycles. The van der Waals surface area contributed by atoms with Crippen LogP contribution in [0.15, 0.2) is 35.3 Å². The number of nitrogens with one attached hydrogen (secondary N) is 1. The van der Waals surface area contributed by atoms with Crippen LogP contribution in [0, 0.1) is 5.92 Å². The van der Waals surface area contributed by atoms with Gasteiger partial charge in [0.2, 0.25) is 0 Å². The molecule has 3 nitrogen and oxygen atoms in total. The van der Waals surface area contributed by atoms with Crippen LogP contribution in [0.2, 0.25) is 0 Å². The predicted octanol–water partition coefficient (Wildman–Crippen LogP) is 2.67. The highest BCUT2D eigenvalue weighted by atomic mass is 15.1. The zero-order chi connectivity index (χ0) is 12.8. The van der Waals surface area contributed by atoms with Crippen LogP contribution in [0.1, 0.15) is 38.2 Å². The van der Waals surface area contributed by atoms with Gasteiger partial charge in [-0.2, -0.15) is 0 Å². The van der Waals surface area contributed by atoms with E-state index in [9.17, 15) is 0 Å². The fourth-order valence-electron chi connectivity index (χ4n) is 2.53. The third kappa shape index (κ3) is 3.76. The van der Waals surface area contributed by atoms with Crippen molar-refractivity contribution in [2.75, 3.05) is 0 Å². The lowest BCUT2D eigenvalue weighted by Crippen LogP contribution is -2.44. The zero-order valence-electron chi connectivity index (χ0n) is 11.1. The maximum Gasteiger partial charge on any atom is 0.189 e. The van der Waals surface area contributed by atoms with Crippen LogP contribution in [0.25, 0.3) is 0 Å². The van der Waals surface area contributed by atoms with Gasteiger partial charge in [-0.15, -0.1) is 0 Å². The third-order valence-corrected chi connectivity index (χ3v) is 3.72. The summed E-state index contributed by atoms with van der Waals surface area (Å²) in [7, 11) is 0. The number of benzene rings is 1. The molecule has 0 aliphatic heterocycles. The molecule has 0 heterocycles. The normalized spacial score (nSPS) is 24.8. The summed E-state index contributed by atoms with van der Waals surface area (Å²) in [5, 5.41) is 3.37. The largest absolute Gasteiger partial charge is 0.370 e. The molecule has 1 aliphatic carbocycles. The third-order valence-electron chi connectivity index (χ3n) is 3.72. The molecular weight excluding hydrogens is 222 g/mol. The molecule has 3 heteroatoms. The van der Waals surface area contributed by atoms with E-state index in [0.717, 1.165) is 0 Å². The van der Waals surface area contributed by atoms with Crippen LogP contribution in [-0.2, 0) is 6.54 Å². The molecule has 2 rings (SSSR count). The van der Waals surface area contributed by atoms with Gasteiger partial charge in [-0.05, 0) is 24.3 Å². The summed E-state index contributed by atoms with van der Waals surface area (Å²) in [6.45, 7) is 2.95. The first-order valence-electron chi connectivity index (χ1n) is 6.86. The Balaban J connectivity index is 1.85. The fraction of sp³-hybridized carbons (Fsp3) is 0.533. The molecule has 2 atom stereocenters. The number of nitrogens with zero attached hydrogens (tertiary/aromatic N) is 1. The smallest absolute Gasteiger partial charge is 0.189 e. The van der Waals surface area contributed by atoms with Gasteiger partial charge < -0.3 is 11.1 Å². The van der Waals surface area contributed by atoms with Gasteiger partial charge in [-0.1, -0.05) is 50.1 Å². The number of rotatable bonds is 3. The number of guanidine groups is 1. The van der Waals surface area contributed by atoms with Crippen molar-refractivity contribution in [1.82, 2.24) is 5.32 Å². The fourth-order valence-corrected chi connectivity index (χ4v) is 2.53. The predicted molar refractivity (Wildman–Crippen MR) is 76.3 cm³/mol. The van der Waals surface area contributed by atoms with Gasteiger partial charge in [-0.25, -0.2) is 4.99 Å². The van der Waals surface area contributed by atoms with Crippen molar-refractivity contribution in [3.05, 3.63) is 35.9 Å². The Morgan fingerprint density at radius 2 is 2.00 bits per heavy atom. The van der Waals surface area contributed by atoms with Gasteiger partial charge in [0.05, 0.1) is 6.54 Å². The van der Waals surface area contributed by atoms with E-state index in [1.54, 1.807) is 0 Å². The van der Waals surface area contributed by atoms with Gasteiger partial charge in [0.25, 0.3) is 0 Å². The zero-order valence-corrected chi connectivity index (χ0v) is 11.1. The van der Waals surface area contributed by atoms with Crippen molar-refractivity contribution < 1.29 is 0 Å². The van der Waals surface area contributed by atoms with Crippen LogP contribution in [0.3, 0.4) is 0 Å². The van der Waals surface area contributed by atoms with Gasteiger partial charge in [0.1, 0.15) is 0 Å². The Kier molecular flexibility index (Phi) is 4.62. The second-order valence-electron chi connectivity index (χ2n) is 5.20. The summed E-state index contributed by atoms with van der Waals surface area (Å²) in [4.78, 5) is 4.41. The Morgan fingerprint density at radius 1 is 1.28 bits per heavy atom. The Labute approximate surface area is 109 Å². The monoisotopic (exact) mass is 245 g/mol. The molecule has 0 bridgehead atoms. The molecule has 18 heavy (non-hydrogen) atoms.